The van der Waals surface area contributed by atoms with Gasteiger partial charge in [-0.2, -0.15) is 0 Å². The largest absolute Gasteiger partial charge is 0.460 e. The van der Waals surface area contributed by atoms with Crippen LogP contribution in [0.25, 0.3) is 0 Å². The molecule has 2 unspecified atom stereocenters. The third-order valence-corrected chi connectivity index (χ3v) is 2.64. The first-order valence-electron chi connectivity index (χ1n) is 6.18. The number of ether oxygens (including phenoxy) is 1. The molecule has 0 heterocycles. The third-order valence-electron chi connectivity index (χ3n) is 2.64. The normalized spacial score (nSPS) is 15.0. The topological polar surface area (TPSA) is 46.5 Å². The van der Waals surface area contributed by atoms with E-state index in [2.05, 4.69) is 0 Å². The third kappa shape index (κ3) is 4.15. The van der Waals surface area contributed by atoms with E-state index in [-0.39, 0.29) is 5.97 Å². The fourth-order valence-corrected chi connectivity index (χ4v) is 1.67. The van der Waals surface area contributed by atoms with Gasteiger partial charge >= 0.3 is 5.97 Å². The zero-order valence-corrected chi connectivity index (χ0v) is 11.7. The Balaban J connectivity index is 2.78. The van der Waals surface area contributed by atoms with E-state index in [1.165, 1.54) is 0 Å². The Morgan fingerprint density at radius 2 is 1.94 bits per heavy atom. The Kier molecular flexibility index (Phi) is 4.52. The summed E-state index contributed by atoms with van der Waals surface area (Å²) in [4.78, 5) is 11.9. The van der Waals surface area contributed by atoms with Crippen LogP contribution in [0.15, 0.2) is 24.3 Å². The Morgan fingerprint density at radius 1 is 1.33 bits per heavy atom. The van der Waals surface area contributed by atoms with E-state index >= 15 is 0 Å². The number of aliphatic hydroxyl groups is 1. The van der Waals surface area contributed by atoms with Crippen LogP contribution in [0.3, 0.4) is 0 Å². The second-order valence-electron chi connectivity index (χ2n) is 5.68. The fourth-order valence-electron chi connectivity index (χ4n) is 1.67. The molecule has 0 aliphatic carbocycles. The van der Waals surface area contributed by atoms with Gasteiger partial charge in [-0.05, 0) is 40.2 Å². The predicted octanol–water partition coefficient (Wildman–Crippen LogP) is 3.01. The van der Waals surface area contributed by atoms with Crippen LogP contribution in [-0.2, 0) is 9.53 Å². The number of benzene rings is 1. The van der Waals surface area contributed by atoms with Crippen molar-refractivity contribution in [3.63, 3.8) is 0 Å². The van der Waals surface area contributed by atoms with Crippen molar-refractivity contribution in [2.24, 2.45) is 5.92 Å². The van der Waals surface area contributed by atoms with Crippen molar-refractivity contribution in [2.45, 2.75) is 46.3 Å². The fraction of sp³-hybridized carbons (Fsp3) is 0.533. The zero-order valence-electron chi connectivity index (χ0n) is 11.7. The van der Waals surface area contributed by atoms with Crippen LogP contribution >= 0.6 is 0 Å². The molecule has 1 aromatic rings. The van der Waals surface area contributed by atoms with Gasteiger partial charge in [-0.15, -0.1) is 0 Å². The maximum absolute atomic E-state index is 11.9. The molecule has 1 aromatic carbocycles. The summed E-state index contributed by atoms with van der Waals surface area (Å²) in [5.41, 5.74) is 1.27. The standard InChI is InChI=1S/C15H22O3/c1-10-7-6-8-12(9-10)13(16)11(2)14(17)18-15(3,4)5/h6-9,11,13,16H,1-5H3. The molecule has 0 aliphatic rings. The van der Waals surface area contributed by atoms with Crippen LogP contribution < -0.4 is 0 Å². The SMILES string of the molecule is Cc1cccc(C(O)C(C)C(=O)OC(C)(C)C)c1. The molecular weight excluding hydrogens is 228 g/mol. The minimum Gasteiger partial charge on any atom is -0.460 e. The molecule has 100 valence electrons. The van der Waals surface area contributed by atoms with Crippen molar-refractivity contribution in [3.8, 4) is 0 Å². The number of carbonyl (C=O) groups excluding carboxylic acids is 1. The number of carbonyl (C=O) groups is 1. The van der Waals surface area contributed by atoms with Crippen molar-refractivity contribution < 1.29 is 14.6 Å². The molecular formula is C15H22O3. The summed E-state index contributed by atoms with van der Waals surface area (Å²) in [5.74, 6) is -0.956. The molecule has 0 aliphatic heterocycles. The van der Waals surface area contributed by atoms with Gasteiger partial charge in [0.15, 0.2) is 0 Å². The minimum atomic E-state index is -0.834. The molecule has 0 aromatic heterocycles. The monoisotopic (exact) mass is 250 g/mol. The number of aliphatic hydroxyl groups excluding tert-OH is 1. The summed E-state index contributed by atoms with van der Waals surface area (Å²) in [7, 11) is 0. The molecule has 0 radical (unpaired) electrons. The summed E-state index contributed by atoms with van der Waals surface area (Å²) in [6, 6.07) is 7.52. The molecule has 3 heteroatoms. The molecule has 0 amide bonds. The molecule has 2 atom stereocenters. The highest BCUT2D eigenvalue weighted by molar-refractivity contribution is 5.73. The van der Waals surface area contributed by atoms with Gasteiger partial charge < -0.3 is 9.84 Å². The molecule has 0 spiro atoms. The first kappa shape index (κ1) is 14.7. The summed E-state index contributed by atoms with van der Waals surface area (Å²) >= 11 is 0. The molecule has 1 N–H and O–H groups in total. The van der Waals surface area contributed by atoms with Gasteiger partial charge in [0.25, 0.3) is 0 Å². The predicted molar refractivity (Wildman–Crippen MR) is 71.1 cm³/mol. The molecule has 18 heavy (non-hydrogen) atoms. The minimum absolute atomic E-state index is 0.378. The molecule has 0 fully saturated rings. The summed E-state index contributed by atoms with van der Waals surface area (Å²) in [5, 5.41) is 10.2. The highest BCUT2D eigenvalue weighted by Gasteiger charge is 2.28. The van der Waals surface area contributed by atoms with E-state index in [1.54, 1.807) is 6.92 Å². The molecule has 0 saturated carbocycles. The van der Waals surface area contributed by atoms with E-state index in [9.17, 15) is 9.90 Å². The molecule has 0 saturated heterocycles. The maximum Gasteiger partial charge on any atom is 0.312 e. The summed E-state index contributed by atoms with van der Waals surface area (Å²) in [6.45, 7) is 9.08. The maximum atomic E-state index is 11.9. The van der Waals surface area contributed by atoms with Gasteiger partial charge in [0.1, 0.15) is 5.60 Å². The number of hydrogen-bond acceptors (Lipinski definition) is 3. The highest BCUT2D eigenvalue weighted by Crippen LogP contribution is 2.25. The van der Waals surface area contributed by atoms with Gasteiger partial charge in [-0.3, -0.25) is 4.79 Å². The second kappa shape index (κ2) is 5.53. The summed E-state index contributed by atoms with van der Waals surface area (Å²) < 4.78 is 5.27. The van der Waals surface area contributed by atoms with Gasteiger partial charge in [0, 0.05) is 0 Å². The van der Waals surface area contributed by atoms with Crippen LogP contribution in [0.2, 0.25) is 0 Å². The lowest BCUT2D eigenvalue weighted by atomic mass is 9.96. The van der Waals surface area contributed by atoms with Crippen molar-refractivity contribution in [1.82, 2.24) is 0 Å². The van der Waals surface area contributed by atoms with Crippen molar-refractivity contribution in [2.75, 3.05) is 0 Å². The number of rotatable bonds is 3. The Labute approximate surface area is 109 Å². The highest BCUT2D eigenvalue weighted by atomic mass is 16.6. The van der Waals surface area contributed by atoms with Crippen LogP contribution in [-0.4, -0.2) is 16.7 Å². The first-order valence-corrected chi connectivity index (χ1v) is 6.18. The van der Waals surface area contributed by atoms with E-state index in [1.807, 2.05) is 52.0 Å². The Morgan fingerprint density at radius 3 is 2.44 bits per heavy atom. The van der Waals surface area contributed by atoms with Gasteiger partial charge in [0.05, 0.1) is 12.0 Å². The molecule has 1 rings (SSSR count). The van der Waals surface area contributed by atoms with Crippen molar-refractivity contribution >= 4 is 5.97 Å². The first-order chi connectivity index (χ1) is 8.20. The molecule has 0 bridgehead atoms. The van der Waals surface area contributed by atoms with Gasteiger partial charge in [-0.25, -0.2) is 0 Å². The lowest BCUT2D eigenvalue weighted by molar-refractivity contribution is -0.163. The van der Waals surface area contributed by atoms with Gasteiger partial charge in [0.2, 0.25) is 0 Å². The average molecular weight is 250 g/mol. The van der Waals surface area contributed by atoms with Gasteiger partial charge in [-0.1, -0.05) is 29.8 Å². The van der Waals surface area contributed by atoms with Crippen LogP contribution in [0.5, 0.6) is 0 Å². The summed E-state index contributed by atoms with van der Waals surface area (Å²) in [6.07, 6.45) is -0.834. The van der Waals surface area contributed by atoms with E-state index in [4.69, 9.17) is 4.74 Å². The lowest BCUT2D eigenvalue weighted by Gasteiger charge is -2.24. The molecule has 3 nitrogen and oxygen atoms in total. The Hall–Kier alpha value is -1.35. The zero-order chi connectivity index (χ0) is 13.9. The number of hydrogen-bond donors (Lipinski definition) is 1. The Bertz CT molecular complexity index is 418. The average Bonchev–Trinajstić information content (AvgIpc) is 2.24. The van der Waals surface area contributed by atoms with Crippen molar-refractivity contribution in [1.29, 1.82) is 0 Å². The smallest absolute Gasteiger partial charge is 0.312 e. The van der Waals surface area contributed by atoms with E-state index in [0.29, 0.717) is 0 Å². The lowest BCUT2D eigenvalue weighted by Crippen LogP contribution is -2.30. The van der Waals surface area contributed by atoms with E-state index in [0.717, 1.165) is 11.1 Å². The van der Waals surface area contributed by atoms with Crippen molar-refractivity contribution in [3.05, 3.63) is 35.4 Å². The number of aryl methyl sites for hydroxylation is 1. The van der Waals surface area contributed by atoms with E-state index < -0.39 is 17.6 Å². The van der Waals surface area contributed by atoms with Crippen LogP contribution in [0, 0.1) is 12.8 Å². The van der Waals surface area contributed by atoms with Crippen LogP contribution in [0.1, 0.15) is 44.9 Å². The van der Waals surface area contributed by atoms with Crippen LogP contribution in [0.4, 0.5) is 0 Å². The second-order valence-corrected chi connectivity index (χ2v) is 5.68. The quantitative estimate of drug-likeness (QED) is 0.839. The number of esters is 1.